The Hall–Kier alpha value is -4.07. The maximum atomic E-state index is 14.5. The van der Waals surface area contributed by atoms with Crippen molar-refractivity contribution in [2.24, 2.45) is 0 Å². The van der Waals surface area contributed by atoms with Crippen molar-refractivity contribution in [3.8, 4) is 11.1 Å². The number of halogens is 1. The van der Waals surface area contributed by atoms with Crippen molar-refractivity contribution in [2.45, 2.75) is 33.7 Å². The molecule has 0 saturated heterocycles. The molecule has 0 saturated carbocycles. The van der Waals surface area contributed by atoms with Crippen molar-refractivity contribution in [3.05, 3.63) is 82.4 Å². The van der Waals surface area contributed by atoms with Gasteiger partial charge in [0.1, 0.15) is 40.7 Å². The highest BCUT2D eigenvalue weighted by Gasteiger charge is 2.26. The van der Waals surface area contributed by atoms with E-state index < -0.39 is 17.3 Å². The molecule has 0 bridgehead atoms. The highest BCUT2D eigenvalue weighted by molar-refractivity contribution is 5.88. The molecule has 0 spiro atoms. The van der Waals surface area contributed by atoms with Gasteiger partial charge in [-0.15, -0.1) is 0 Å². The summed E-state index contributed by atoms with van der Waals surface area (Å²) in [6, 6.07) is 12.9. The van der Waals surface area contributed by atoms with Crippen molar-refractivity contribution >= 4 is 27.8 Å². The highest BCUT2D eigenvalue weighted by atomic mass is 19.1. The Morgan fingerprint density at radius 1 is 1.03 bits per heavy atom. The van der Waals surface area contributed by atoms with Gasteiger partial charge in [0.25, 0.3) is 0 Å². The van der Waals surface area contributed by atoms with Crippen LogP contribution < -0.4 is 11.2 Å². The van der Waals surface area contributed by atoms with Gasteiger partial charge >= 0.3 is 0 Å². The fraction of sp³-hybridized carbons (Fsp3) is 0.200. The third-order valence-corrected chi connectivity index (χ3v) is 5.40. The second-order valence-corrected chi connectivity index (χ2v) is 7.31. The van der Waals surface area contributed by atoms with Crippen LogP contribution in [-0.2, 0) is 0 Å². The predicted molar refractivity (Wildman–Crippen MR) is 128 cm³/mol. The van der Waals surface area contributed by atoms with E-state index in [1.54, 1.807) is 22.9 Å². The van der Waals surface area contributed by atoms with Gasteiger partial charge in [-0.1, -0.05) is 50.2 Å². The molecule has 1 atom stereocenters. The van der Waals surface area contributed by atoms with Crippen LogP contribution in [0.25, 0.3) is 33.1 Å². The van der Waals surface area contributed by atoms with Gasteiger partial charge in [-0.3, -0.25) is 4.79 Å². The topological polar surface area (TPSA) is 99.8 Å². The molecule has 3 heterocycles. The lowest BCUT2D eigenvalue weighted by molar-refractivity contribution is 0.443. The molecule has 0 amide bonds. The van der Waals surface area contributed by atoms with Crippen molar-refractivity contribution in [3.63, 3.8) is 0 Å². The zero-order chi connectivity index (χ0) is 23.7. The van der Waals surface area contributed by atoms with E-state index in [9.17, 15) is 9.18 Å². The van der Waals surface area contributed by atoms with E-state index in [1.165, 1.54) is 18.5 Å². The molecular weight excluding hydrogens is 421 g/mol. The molecule has 0 aliphatic rings. The average molecular weight is 445 g/mol. The second kappa shape index (κ2) is 8.82. The van der Waals surface area contributed by atoms with E-state index in [2.05, 4.69) is 15.1 Å². The van der Waals surface area contributed by atoms with Crippen molar-refractivity contribution < 1.29 is 8.81 Å². The number of benzene rings is 2. The molecule has 3 aromatic heterocycles. The number of anilines is 1. The molecule has 0 fully saturated rings. The van der Waals surface area contributed by atoms with Gasteiger partial charge in [0, 0.05) is 0 Å². The van der Waals surface area contributed by atoms with Gasteiger partial charge in [0.05, 0.1) is 16.6 Å². The van der Waals surface area contributed by atoms with Gasteiger partial charge in [-0.05, 0) is 31.5 Å². The summed E-state index contributed by atoms with van der Waals surface area (Å²) in [5.74, 6) is 0.0608. The van der Waals surface area contributed by atoms with Gasteiger partial charge in [0.15, 0.2) is 5.65 Å². The van der Waals surface area contributed by atoms with Crippen LogP contribution in [0.2, 0.25) is 0 Å². The maximum Gasteiger partial charge on any atom is 0.203 e. The smallest absolute Gasteiger partial charge is 0.203 e. The van der Waals surface area contributed by atoms with E-state index in [-0.39, 0.29) is 16.5 Å². The van der Waals surface area contributed by atoms with Gasteiger partial charge < -0.3 is 10.2 Å². The van der Waals surface area contributed by atoms with Crippen molar-refractivity contribution in [1.29, 1.82) is 0 Å². The van der Waals surface area contributed by atoms with Crippen LogP contribution in [-0.4, -0.2) is 19.7 Å². The molecule has 5 aromatic rings. The summed E-state index contributed by atoms with van der Waals surface area (Å²) in [5.41, 5.74) is 7.87. The van der Waals surface area contributed by atoms with Crippen LogP contribution in [0.5, 0.6) is 0 Å². The number of nitrogens with zero attached hydrogens (tertiary/aromatic N) is 4. The Bertz CT molecular complexity index is 1510. The van der Waals surface area contributed by atoms with E-state index >= 15 is 0 Å². The minimum Gasteiger partial charge on any atom is -0.458 e. The van der Waals surface area contributed by atoms with Gasteiger partial charge in [0.2, 0.25) is 5.43 Å². The summed E-state index contributed by atoms with van der Waals surface area (Å²) in [4.78, 5) is 21.8. The summed E-state index contributed by atoms with van der Waals surface area (Å²) < 4.78 is 22.3. The Morgan fingerprint density at radius 3 is 2.48 bits per heavy atom. The first-order valence-electron chi connectivity index (χ1n) is 10.7. The summed E-state index contributed by atoms with van der Waals surface area (Å²) in [6.07, 6.45) is 1.37. The quantitative estimate of drug-likeness (QED) is 0.406. The van der Waals surface area contributed by atoms with Crippen LogP contribution in [0.1, 0.15) is 38.3 Å². The zero-order valence-electron chi connectivity index (χ0n) is 18.8. The van der Waals surface area contributed by atoms with E-state index in [1.807, 2.05) is 45.9 Å². The molecule has 2 N–H and O–H groups in total. The predicted octanol–water partition coefficient (Wildman–Crippen LogP) is 5.26. The van der Waals surface area contributed by atoms with E-state index in [0.29, 0.717) is 33.9 Å². The summed E-state index contributed by atoms with van der Waals surface area (Å²) in [7, 11) is 0. The average Bonchev–Trinajstić information content (AvgIpc) is 3.18. The molecule has 0 aliphatic carbocycles. The van der Waals surface area contributed by atoms with Crippen molar-refractivity contribution in [2.75, 3.05) is 5.73 Å². The monoisotopic (exact) mass is 445 g/mol. The first-order chi connectivity index (χ1) is 16.0. The molecule has 1 unspecified atom stereocenters. The minimum absolute atomic E-state index is 0.0784. The molecule has 0 aliphatic heterocycles. The number of hydrogen-bond acceptors (Lipinski definition) is 6. The number of rotatable bonds is 3. The molecule has 8 heteroatoms. The molecule has 2 aromatic carbocycles. The lowest BCUT2D eigenvalue weighted by atomic mass is 9.99. The summed E-state index contributed by atoms with van der Waals surface area (Å²) in [5, 5.41) is 5.15. The second-order valence-electron chi connectivity index (χ2n) is 7.31. The lowest BCUT2D eigenvalue weighted by Crippen LogP contribution is -2.17. The number of fused-ring (bicyclic) bond motifs is 2. The van der Waals surface area contributed by atoms with E-state index in [0.717, 1.165) is 0 Å². The Balaban J connectivity index is 0.00000126. The largest absolute Gasteiger partial charge is 0.458 e. The Morgan fingerprint density at radius 2 is 1.76 bits per heavy atom. The van der Waals surface area contributed by atoms with Crippen LogP contribution in [0.4, 0.5) is 10.2 Å². The molecule has 5 rings (SSSR count). The summed E-state index contributed by atoms with van der Waals surface area (Å²) >= 11 is 0. The summed E-state index contributed by atoms with van der Waals surface area (Å²) in [6.45, 7) is 7.66. The van der Waals surface area contributed by atoms with Crippen molar-refractivity contribution in [1.82, 2.24) is 19.7 Å². The number of hydrogen-bond donors (Lipinski definition) is 1. The fourth-order valence-electron chi connectivity index (χ4n) is 3.94. The first kappa shape index (κ1) is 22.1. The number of nitrogen functional groups attached to an aromatic ring is 1. The van der Waals surface area contributed by atoms with Crippen LogP contribution in [0.15, 0.2) is 64.1 Å². The molecule has 0 radical (unpaired) electrons. The Labute approximate surface area is 189 Å². The van der Waals surface area contributed by atoms with Gasteiger partial charge in [-0.25, -0.2) is 19.0 Å². The van der Waals surface area contributed by atoms with Crippen LogP contribution in [0.3, 0.4) is 0 Å². The maximum absolute atomic E-state index is 14.5. The number of aromatic nitrogens is 4. The SMILES string of the molecule is CC.Cc1nn(C(C)c2oc3cccc(F)c3c(=O)c2-c2ccccc2)c2ncnc(N)c12. The lowest BCUT2D eigenvalue weighted by Gasteiger charge is -2.17. The Kier molecular flexibility index (Phi) is 5.91. The minimum atomic E-state index is -0.622. The number of nitrogens with two attached hydrogens (primary N) is 1. The molecule has 33 heavy (non-hydrogen) atoms. The van der Waals surface area contributed by atoms with E-state index in [4.69, 9.17) is 10.2 Å². The third-order valence-electron chi connectivity index (χ3n) is 5.40. The normalized spacial score (nSPS) is 11.9. The fourth-order valence-corrected chi connectivity index (χ4v) is 3.94. The third kappa shape index (κ3) is 3.63. The standard InChI is InChI=1S/C23H18FN5O2.C2H6/c1-12-17-22(25)26-11-27-23(17)29(28-12)13(2)21-18(14-7-4-3-5-8-14)20(30)19-15(24)9-6-10-16(19)31-21;1-2/h3-11,13H,1-2H3,(H2,25,26,27);1-2H3. The number of aryl methyl sites for hydroxylation is 1. The highest BCUT2D eigenvalue weighted by Crippen LogP contribution is 2.33. The molecule has 168 valence electrons. The molecular formula is C25H24FN5O2. The van der Waals surface area contributed by atoms with Crippen LogP contribution >= 0.6 is 0 Å². The van der Waals surface area contributed by atoms with Gasteiger partial charge in [-0.2, -0.15) is 5.10 Å². The zero-order valence-corrected chi connectivity index (χ0v) is 18.8. The first-order valence-corrected chi connectivity index (χ1v) is 10.7. The molecule has 7 nitrogen and oxygen atoms in total. The van der Waals surface area contributed by atoms with Crippen LogP contribution in [0, 0.1) is 12.7 Å².